The van der Waals surface area contributed by atoms with Crippen LogP contribution in [-0.2, 0) is 11.2 Å². The fourth-order valence-corrected chi connectivity index (χ4v) is 3.62. The fraction of sp³-hybridized carbons (Fsp3) is 0.304. The van der Waals surface area contributed by atoms with E-state index in [1.807, 2.05) is 36.5 Å². The van der Waals surface area contributed by atoms with Gasteiger partial charge in [0.2, 0.25) is 0 Å². The minimum absolute atomic E-state index is 0.176. The number of ether oxygens (including phenoxy) is 1. The van der Waals surface area contributed by atoms with Crippen LogP contribution in [0.2, 0.25) is 0 Å². The highest BCUT2D eigenvalue weighted by atomic mass is 19.1. The number of hydrogen-bond donors (Lipinski definition) is 1. The van der Waals surface area contributed by atoms with Crippen LogP contribution >= 0.6 is 0 Å². The van der Waals surface area contributed by atoms with Crippen molar-refractivity contribution in [3.05, 3.63) is 66.0 Å². The summed E-state index contributed by atoms with van der Waals surface area (Å²) in [4.78, 5) is 17.9. The molecule has 0 bridgehead atoms. The van der Waals surface area contributed by atoms with Crippen LogP contribution in [0.3, 0.4) is 0 Å². The molecule has 0 spiro atoms. The summed E-state index contributed by atoms with van der Waals surface area (Å²) in [5.74, 6) is 1.20. The lowest BCUT2D eigenvalue weighted by molar-refractivity contribution is -0.123. The highest BCUT2D eigenvalue weighted by Crippen LogP contribution is 2.22. The van der Waals surface area contributed by atoms with Gasteiger partial charge in [0, 0.05) is 24.6 Å². The van der Waals surface area contributed by atoms with E-state index in [4.69, 9.17) is 14.5 Å². The van der Waals surface area contributed by atoms with Gasteiger partial charge in [0.1, 0.15) is 12.4 Å². The average Bonchev–Trinajstić information content (AvgIpc) is 3.45. The van der Waals surface area contributed by atoms with Gasteiger partial charge in [0.05, 0.1) is 6.04 Å². The standard InChI is InChI=1S/C23H22FN5O3/c24-12-19-11-18(13-29(19)15-25)26-22(30)14-31-20-8-6-17(7-9-20)23-27-21(28-32-23)10-16-4-2-1-3-5-16/h1-9,18-19H,10-14H2,(H,26,30)/t18-,19+/m1/s1. The Labute approximate surface area is 184 Å². The first-order chi connectivity index (χ1) is 15.6. The van der Waals surface area contributed by atoms with Crippen LogP contribution in [0.25, 0.3) is 11.5 Å². The fourth-order valence-electron chi connectivity index (χ4n) is 3.62. The maximum atomic E-state index is 12.9. The van der Waals surface area contributed by atoms with E-state index < -0.39 is 12.7 Å². The third-order valence-electron chi connectivity index (χ3n) is 5.23. The molecule has 0 aliphatic carbocycles. The van der Waals surface area contributed by atoms with Gasteiger partial charge < -0.3 is 19.5 Å². The molecule has 3 aromatic rings. The molecule has 2 heterocycles. The second-order valence-corrected chi connectivity index (χ2v) is 7.55. The van der Waals surface area contributed by atoms with Gasteiger partial charge in [-0.25, -0.2) is 4.39 Å². The van der Waals surface area contributed by atoms with Gasteiger partial charge in [0.15, 0.2) is 18.6 Å². The Balaban J connectivity index is 1.27. The van der Waals surface area contributed by atoms with Crippen molar-refractivity contribution in [3.63, 3.8) is 0 Å². The van der Waals surface area contributed by atoms with Crippen LogP contribution < -0.4 is 10.1 Å². The van der Waals surface area contributed by atoms with Gasteiger partial charge in [-0.1, -0.05) is 35.5 Å². The van der Waals surface area contributed by atoms with Crippen molar-refractivity contribution < 1.29 is 18.4 Å². The van der Waals surface area contributed by atoms with Crippen molar-refractivity contribution in [2.75, 3.05) is 19.8 Å². The number of benzene rings is 2. The number of alkyl halides is 1. The summed E-state index contributed by atoms with van der Waals surface area (Å²) < 4.78 is 23.8. The number of carbonyl (C=O) groups excluding carboxylic acids is 1. The number of hydrogen-bond acceptors (Lipinski definition) is 7. The summed E-state index contributed by atoms with van der Waals surface area (Å²) in [6, 6.07) is 16.1. The Kier molecular flexibility index (Phi) is 6.60. The van der Waals surface area contributed by atoms with Crippen LogP contribution in [0.1, 0.15) is 17.8 Å². The summed E-state index contributed by atoms with van der Waals surface area (Å²) in [5, 5.41) is 15.8. The van der Waals surface area contributed by atoms with E-state index in [9.17, 15) is 9.18 Å². The molecule has 1 aliphatic heterocycles. The summed E-state index contributed by atoms with van der Waals surface area (Å²) in [5.41, 5.74) is 1.84. The Hall–Kier alpha value is -3.93. The van der Waals surface area contributed by atoms with E-state index in [-0.39, 0.29) is 18.6 Å². The number of nitrogens with one attached hydrogen (secondary N) is 1. The van der Waals surface area contributed by atoms with E-state index >= 15 is 0 Å². The van der Waals surface area contributed by atoms with Gasteiger partial charge in [-0.2, -0.15) is 10.2 Å². The average molecular weight is 435 g/mol. The van der Waals surface area contributed by atoms with Gasteiger partial charge in [-0.3, -0.25) is 4.79 Å². The zero-order chi connectivity index (χ0) is 22.3. The van der Waals surface area contributed by atoms with Gasteiger partial charge >= 0.3 is 0 Å². The minimum atomic E-state index is -0.615. The van der Waals surface area contributed by atoms with E-state index in [2.05, 4.69) is 15.5 Å². The highest BCUT2D eigenvalue weighted by Gasteiger charge is 2.32. The Morgan fingerprint density at radius 2 is 2.03 bits per heavy atom. The van der Waals surface area contributed by atoms with Crippen molar-refractivity contribution in [3.8, 4) is 23.4 Å². The quantitative estimate of drug-likeness (QED) is 0.543. The zero-order valence-electron chi connectivity index (χ0n) is 17.3. The molecule has 0 unspecified atom stereocenters. The second kappa shape index (κ2) is 9.92. The van der Waals surface area contributed by atoms with Crippen LogP contribution in [-0.4, -0.2) is 52.9 Å². The minimum Gasteiger partial charge on any atom is -0.484 e. The van der Waals surface area contributed by atoms with Crippen LogP contribution in [0.15, 0.2) is 59.1 Å². The lowest BCUT2D eigenvalue weighted by atomic mass is 10.1. The summed E-state index contributed by atoms with van der Waals surface area (Å²) >= 11 is 0. The van der Waals surface area contributed by atoms with Crippen LogP contribution in [0, 0.1) is 11.5 Å². The molecule has 0 saturated carbocycles. The first-order valence-corrected chi connectivity index (χ1v) is 10.3. The molecule has 9 heteroatoms. The summed E-state index contributed by atoms with van der Waals surface area (Å²) in [6.07, 6.45) is 2.94. The molecule has 1 saturated heterocycles. The molecule has 1 amide bonds. The van der Waals surface area contributed by atoms with E-state index in [0.717, 1.165) is 11.1 Å². The van der Waals surface area contributed by atoms with Gasteiger partial charge in [-0.05, 0) is 36.2 Å². The van der Waals surface area contributed by atoms with Crippen molar-refractivity contribution in [1.29, 1.82) is 5.26 Å². The summed E-state index contributed by atoms with van der Waals surface area (Å²) in [6.45, 7) is -0.483. The number of halogens is 1. The molecular weight excluding hydrogens is 413 g/mol. The van der Waals surface area contributed by atoms with E-state index in [1.54, 1.807) is 24.3 Å². The molecule has 0 radical (unpaired) electrons. The third-order valence-corrected chi connectivity index (χ3v) is 5.23. The molecule has 2 aromatic carbocycles. The molecule has 32 heavy (non-hydrogen) atoms. The van der Waals surface area contributed by atoms with E-state index in [1.165, 1.54) is 4.90 Å². The predicted octanol–water partition coefficient (Wildman–Crippen LogP) is 2.72. The van der Waals surface area contributed by atoms with Crippen molar-refractivity contribution in [1.82, 2.24) is 20.4 Å². The lowest BCUT2D eigenvalue weighted by Gasteiger charge is -2.13. The zero-order valence-corrected chi connectivity index (χ0v) is 17.3. The van der Waals surface area contributed by atoms with Crippen LogP contribution in [0.5, 0.6) is 5.75 Å². The van der Waals surface area contributed by atoms with Crippen molar-refractivity contribution in [2.24, 2.45) is 0 Å². The number of rotatable bonds is 8. The molecular formula is C23H22FN5O3. The normalized spacial score (nSPS) is 17.7. The number of nitriles is 1. The molecule has 1 fully saturated rings. The molecule has 164 valence electrons. The highest BCUT2D eigenvalue weighted by molar-refractivity contribution is 5.78. The first-order valence-electron chi connectivity index (χ1n) is 10.3. The van der Waals surface area contributed by atoms with E-state index in [0.29, 0.717) is 36.9 Å². The lowest BCUT2D eigenvalue weighted by Crippen LogP contribution is -2.39. The second-order valence-electron chi connectivity index (χ2n) is 7.55. The molecule has 8 nitrogen and oxygen atoms in total. The van der Waals surface area contributed by atoms with Crippen molar-refractivity contribution >= 4 is 5.91 Å². The maximum Gasteiger partial charge on any atom is 0.258 e. The maximum absolute atomic E-state index is 12.9. The topological polar surface area (TPSA) is 104 Å². The smallest absolute Gasteiger partial charge is 0.258 e. The monoisotopic (exact) mass is 435 g/mol. The first kappa shape index (κ1) is 21.3. The molecule has 4 rings (SSSR count). The number of nitrogens with zero attached hydrogens (tertiary/aromatic N) is 4. The number of aromatic nitrogens is 2. The molecule has 1 aliphatic rings. The Bertz CT molecular complexity index is 1080. The molecule has 1 aromatic heterocycles. The third kappa shape index (κ3) is 5.21. The van der Waals surface area contributed by atoms with Crippen molar-refractivity contribution in [2.45, 2.75) is 24.9 Å². The number of likely N-dealkylation sites (tertiary alicyclic amines) is 1. The molecule has 2 atom stereocenters. The molecule has 1 N–H and O–H groups in total. The van der Waals surface area contributed by atoms with Gasteiger partial charge in [0.25, 0.3) is 11.8 Å². The largest absolute Gasteiger partial charge is 0.484 e. The van der Waals surface area contributed by atoms with Crippen LogP contribution in [0.4, 0.5) is 4.39 Å². The summed E-state index contributed by atoms with van der Waals surface area (Å²) in [7, 11) is 0. The van der Waals surface area contributed by atoms with Gasteiger partial charge in [-0.15, -0.1) is 0 Å². The number of amides is 1. The predicted molar refractivity (Wildman–Crippen MR) is 113 cm³/mol. The Morgan fingerprint density at radius 1 is 1.25 bits per heavy atom. The Morgan fingerprint density at radius 3 is 2.72 bits per heavy atom. The number of carbonyl (C=O) groups is 1. The SMILES string of the molecule is N#CN1C[C@H](NC(=O)COc2ccc(-c3nc(Cc4ccccc4)no3)cc2)C[C@H]1CF.